The number of aromatic nitrogens is 2. The number of fused-ring (bicyclic) bond motifs is 3. The van der Waals surface area contributed by atoms with Gasteiger partial charge in [-0.1, -0.05) is 55.5 Å². The number of aryl methyl sites for hydroxylation is 1. The van der Waals surface area contributed by atoms with Crippen LogP contribution in [0.5, 0.6) is 0 Å². The number of anilines is 2. The van der Waals surface area contributed by atoms with Gasteiger partial charge in [0.15, 0.2) is 5.78 Å². The number of rotatable bonds is 3. The highest BCUT2D eigenvalue weighted by molar-refractivity contribution is 5.98. The zero-order chi connectivity index (χ0) is 21.4. The number of aliphatic hydroxyl groups is 1. The molecule has 2 aromatic carbocycles. The number of carbonyl (C=O) groups is 1. The van der Waals surface area contributed by atoms with E-state index in [0.29, 0.717) is 17.9 Å². The highest BCUT2D eigenvalue weighted by atomic mass is 16.2. The summed E-state index contributed by atoms with van der Waals surface area (Å²) in [7, 11) is 0. The Labute approximate surface area is 181 Å². The van der Waals surface area contributed by atoms with Gasteiger partial charge >= 0.3 is 0 Å². The van der Waals surface area contributed by atoms with Crippen LogP contribution in [0, 0.1) is 11.8 Å². The van der Waals surface area contributed by atoms with Crippen molar-refractivity contribution in [2.45, 2.75) is 31.6 Å². The van der Waals surface area contributed by atoms with Crippen LogP contribution in [0.2, 0.25) is 0 Å². The summed E-state index contributed by atoms with van der Waals surface area (Å²) in [6.07, 6.45) is 5.09. The smallest absolute Gasteiger partial charge is 0.227 e. The van der Waals surface area contributed by atoms with Gasteiger partial charge in [-0.05, 0) is 48.4 Å². The minimum absolute atomic E-state index is 0.0409. The van der Waals surface area contributed by atoms with Gasteiger partial charge in [0.2, 0.25) is 5.95 Å². The molecule has 5 nitrogen and oxygen atoms in total. The fourth-order valence-electron chi connectivity index (χ4n) is 5.47. The van der Waals surface area contributed by atoms with E-state index in [1.54, 1.807) is 0 Å². The van der Waals surface area contributed by atoms with Gasteiger partial charge in [-0.2, -0.15) is 0 Å². The number of para-hydroxylation sites is 1. The summed E-state index contributed by atoms with van der Waals surface area (Å²) in [6, 6.07) is 20.2. The molecular weight excluding hydrogens is 386 g/mol. The highest BCUT2D eigenvalue weighted by Gasteiger charge is 2.54. The number of Topliss-reactive ketones (excluding diaryl/α,β-unsaturated/α-hetero) is 1. The minimum atomic E-state index is -0.479. The van der Waals surface area contributed by atoms with Gasteiger partial charge in [-0.25, -0.2) is 9.97 Å². The van der Waals surface area contributed by atoms with Gasteiger partial charge in [0.1, 0.15) is 0 Å². The molecule has 156 valence electrons. The Morgan fingerprint density at radius 2 is 1.81 bits per heavy atom. The number of hydrogen-bond donors (Lipinski definition) is 2. The van der Waals surface area contributed by atoms with E-state index >= 15 is 0 Å². The van der Waals surface area contributed by atoms with Crippen LogP contribution in [0.3, 0.4) is 0 Å². The molecule has 0 aliphatic heterocycles. The summed E-state index contributed by atoms with van der Waals surface area (Å²) in [5.41, 5.74) is 4.11. The molecular formula is C26H25N3O2. The molecule has 2 N–H and O–H groups in total. The lowest BCUT2D eigenvalue weighted by molar-refractivity contribution is -0.123. The molecule has 1 fully saturated rings. The summed E-state index contributed by atoms with van der Waals surface area (Å²) in [5, 5.41) is 13.2. The summed E-state index contributed by atoms with van der Waals surface area (Å²) < 4.78 is 0. The Morgan fingerprint density at radius 3 is 2.52 bits per heavy atom. The molecule has 1 aromatic heterocycles. The van der Waals surface area contributed by atoms with Gasteiger partial charge < -0.3 is 10.4 Å². The Balaban J connectivity index is 1.70. The van der Waals surface area contributed by atoms with Gasteiger partial charge in [0.05, 0.1) is 12.0 Å². The second kappa shape index (κ2) is 7.65. The first-order valence-electron chi connectivity index (χ1n) is 10.7. The summed E-state index contributed by atoms with van der Waals surface area (Å²) in [6.45, 7) is 1.99. The summed E-state index contributed by atoms with van der Waals surface area (Å²) in [4.78, 5) is 22.5. The minimum Gasteiger partial charge on any atom is -0.515 e. The molecule has 2 aliphatic rings. The van der Waals surface area contributed by atoms with Gasteiger partial charge in [-0.3, -0.25) is 4.79 Å². The summed E-state index contributed by atoms with van der Waals surface area (Å²) >= 11 is 0. The average molecular weight is 412 g/mol. The fraction of sp³-hybridized carbons (Fsp3) is 0.269. The maximum Gasteiger partial charge on any atom is 0.227 e. The van der Waals surface area contributed by atoms with Crippen molar-refractivity contribution >= 4 is 17.4 Å². The number of aliphatic hydroxyl groups excluding tert-OH is 1. The number of allylic oxidation sites excluding steroid dienone is 1. The number of nitrogens with zero attached hydrogens (tertiary/aromatic N) is 2. The third-order valence-electron chi connectivity index (χ3n) is 6.92. The SMILES string of the molecule is C[C@@H]1C(=O)/C(=C\O)C[C@]2(c3ccccc3)c3nc(Nc4ccccc4)ncc3CC[C@@H]12. The monoisotopic (exact) mass is 411 g/mol. The molecule has 0 amide bonds. The zero-order valence-electron chi connectivity index (χ0n) is 17.5. The van der Waals surface area contributed by atoms with E-state index in [2.05, 4.69) is 22.4 Å². The third-order valence-corrected chi connectivity index (χ3v) is 6.92. The molecule has 3 atom stereocenters. The van der Waals surface area contributed by atoms with Crippen molar-refractivity contribution in [1.82, 2.24) is 9.97 Å². The maximum absolute atomic E-state index is 12.9. The zero-order valence-corrected chi connectivity index (χ0v) is 17.5. The largest absolute Gasteiger partial charge is 0.515 e. The lowest BCUT2D eigenvalue weighted by atomic mass is 9.52. The first-order chi connectivity index (χ1) is 15.1. The van der Waals surface area contributed by atoms with Crippen molar-refractivity contribution in [1.29, 1.82) is 0 Å². The van der Waals surface area contributed by atoms with Crippen molar-refractivity contribution in [3.8, 4) is 0 Å². The van der Waals surface area contributed by atoms with E-state index in [1.807, 2.05) is 61.7 Å². The van der Waals surface area contributed by atoms with E-state index in [1.165, 1.54) is 0 Å². The van der Waals surface area contributed by atoms with Crippen LogP contribution in [-0.2, 0) is 16.6 Å². The Morgan fingerprint density at radius 1 is 1.10 bits per heavy atom. The third kappa shape index (κ3) is 3.12. The second-order valence-electron chi connectivity index (χ2n) is 8.53. The molecule has 5 heteroatoms. The average Bonchev–Trinajstić information content (AvgIpc) is 2.82. The lowest BCUT2D eigenvalue weighted by Gasteiger charge is -2.50. The Hall–Kier alpha value is -3.47. The van der Waals surface area contributed by atoms with Crippen LogP contribution in [0.25, 0.3) is 0 Å². The molecule has 3 aromatic rings. The van der Waals surface area contributed by atoms with E-state index in [0.717, 1.165) is 41.6 Å². The van der Waals surface area contributed by atoms with E-state index in [-0.39, 0.29) is 17.6 Å². The quantitative estimate of drug-likeness (QED) is 0.462. The van der Waals surface area contributed by atoms with Crippen molar-refractivity contribution in [2.24, 2.45) is 11.8 Å². The fourth-order valence-corrected chi connectivity index (χ4v) is 5.47. The Bertz CT molecular complexity index is 1140. The van der Waals surface area contributed by atoms with Crippen LogP contribution in [-0.4, -0.2) is 20.9 Å². The van der Waals surface area contributed by atoms with E-state index in [9.17, 15) is 9.90 Å². The lowest BCUT2D eigenvalue weighted by Crippen LogP contribution is -2.51. The van der Waals surface area contributed by atoms with Crippen LogP contribution in [0.4, 0.5) is 11.6 Å². The van der Waals surface area contributed by atoms with Gasteiger partial charge in [0, 0.05) is 28.8 Å². The Kier molecular flexibility index (Phi) is 4.81. The molecule has 0 saturated heterocycles. The topological polar surface area (TPSA) is 75.1 Å². The molecule has 5 rings (SSSR count). The second-order valence-corrected chi connectivity index (χ2v) is 8.53. The van der Waals surface area contributed by atoms with Crippen LogP contribution in [0.1, 0.15) is 36.6 Å². The molecule has 1 heterocycles. The number of ketones is 1. The number of nitrogens with one attached hydrogen (secondary N) is 1. The first kappa shape index (κ1) is 19.5. The predicted octanol–water partition coefficient (Wildman–Crippen LogP) is 5.12. The van der Waals surface area contributed by atoms with E-state index < -0.39 is 5.41 Å². The molecule has 31 heavy (non-hydrogen) atoms. The first-order valence-corrected chi connectivity index (χ1v) is 10.7. The van der Waals surface area contributed by atoms with Gasteiger partial charge in [-0.15, -0.1) is 0 Å². The van der Waals surface area contributed by atoms with Crippen molar-refractivity contribution in [2.75, 3.05) is 5.32 Å². The normalized spacial score (nSPS) is 26.2. The van der Waals surface area contributed by atoms with Crippen molar-refractivity contribution < 1.29 is 9.90 Å². The number of benzene rings is 2. The summed E-state index contributed by atoms with van der Waals surface area (Å²) in [5.74, 6) is 0.498. The van der Waals surface area contributed by atoms with E-state index in [4.69, 9.17) is 4.98 Å². The molecule has 1 saturated carbocycles. The van der Waals surface area contributed by atoms with Crippen molar-refractivity contribution in [3.63, 3.8) is 0 Å². The van der Waals surface area contributed by atoms with Crippen LogP contribution >= 0.6 is 0 Å². The molecule has 0 bridgehead atoms. The number of hydrogen-bond acceptors (Lipinski definition) is 5. The highest BCUT2D eigenvalue weighted by Crippen LogP contribution is 2.55. The van der Waals surface area contributed by atoms with Crippen LogP contribution in [0.15, 0.2) is 78.7 Å². The number of carbonyl (C=O) groups excluding carboxylic acids is 1. The molecule has 0 unspecified atom stereocenters. The maximum atomic E-state index is 12.9. The molecule has 2 aliphatic carbocycles. The predicted molar refractivity (Wildman–Crippen MR) is 120 cm³/mol. The molecule has 0 radical (unpaired) electrons. The van der Waals surface area contributed by atoms with Crippen molar-refractivity contribution in [3.05, 3.63) is 95.5 Å². The van der Waals surface area contributed by atoms with Gasteiger partial charge in [0.25, 0.3) is 0 Å². The van der Waals surface area contributed by atoms with Crippen LogP contribution < -0.4 is 5.32 Å². The standard InChI is InChI=1S/C26H25N3O2/c1-17-22-13-12-18-15-27-25(28-21-10-6-3-7-11-21)29-24(18)26(22,14-19(16-30)23(17)31)20-8-4-2-5-9-20/h2-11,15-17,22,30H,12-14H2,1H3,(H,27,28,29)/b19-16-/t17-,22-,26+/m0/s1. The molecule has 0 spiro atoms.